The predicted octanol–water partition coefficient (Wildman–Crippen LogP) is 2.81. The van der Waals surface area contributed by atoms with E-state index in [1.807, 2.05) is 32.7 Å². The van der Waals surface area contributed by atoms with Crippen molar-refractivity contribution in [3.05, 3.63) is 0 Å². The SMILES string of the molecule is CN=C(NCC1CCCCN1C(=O)OC(C)(C)C)NC1CCN(C(C)C)CC1. The number of aliphatic imine (C=N–C) groups is 1. The summed E-state index contributed by atoms with van der Waals surface area (Å²) in [6.45, 7) is 14.0. The number of guanidine groups is 1. The maximum Gasteiger partial charge on any atom is 0.410 e. The number of hydrogen-bond donors (Lipinski definition) is 2. The van der Waals surface area contributed by atoms with Crippen LogP contribution >= 0.6 is 0 Å². The Morgan fingerprint density at radius 2 is 1.82 bits per heavy atom. The van der Waals surface area contributed by atoms with Gasteiger partial charge in [0.2, 0.25) is 0 Å². The number of nitrogens with zero attached hydrogens (tertiary/aromatic N) is 3. The number of likely N-dealkylation sites (tertiary alicyclic amines) is 2. The molecule has 2 fully saturated rings. The molecule has 2 N–H and O–H groups in total. The molecule has 1 unspecified atom stereocenters. The summed E-state index contributed by atoms with van der Waals surface area (Å²) in [7, 11) is 1.81. The summed E-state index contributed by atoms with van der Waals surface area (Å²) in [5.41, 5.74) is -0.463. The van der Waals surface area contributed by atoms with Crippen LogP contribution in [0.3, 0.4) is 0 Å². The van der Waals surface area contributed by atoms with Gasteiger partial charge in [-0.15, -0.1) is 0 Å². The summed E-state index contributed by atoms with van der Waals surface area (Å²) in [6.07, 6.45) is 5.24. The third-order valence-electron chi connectivity index (χ3n) is 5.58. The lowest BCUT2D eigenvalue weighted by molar-refractivity contribution is 0.0104. The van der Waals surface area contributed by atoms with E-state index in [2.05, 4.69) is 34.4 Å². The molecule has 0 aliphatic carbocycles. The van der Waals surface area contributed by atoms with Crippen molar-refractivity contribution in [2.24, 2.45) is 4.99 Å². The minimum absolute atomic E-state index is 0.143. The maximum atomic E-state index is 12.6. The van der Waals surface area contributed by atoms with E-state index in [4.69, 9.17) is 4.74 Å². The number of hydrogen-bond acceptors (Lipinski definition) is 4. The summed E-state index contributed by atoms with van der Waals surface area (Å²) in [5, 5.41) is 7.01. The first-order chi connectivity index (χ1) is 13.2. The fourth-order valence-electron chi connectivity index (χ4n) is 3.94. The lowest BCUT2D eigenvalue weighted by Gasteiger charge is -2.38. The number of piperidine rings is 2. The molecule has 0 bridgehead atoms. The molecular formula is C21H41N5O2. The van der Waals surface area contributed by atoms with Crippen LogP contribution in [0.2, 0.25) is 0 Å². The van der Waals surface area contributed by atoms with Crippen molar-refractivity contribution < 1.29 is 9.53 Å². The van der Waals surface area contributed by atoms with Gasteiger partial charge >= 0.3 is 6.09 Å². The molecule has 2 saturated heterocycles. The van der Waals surface area contributed by atoms with Crippen LogP contribution in [0.25, 0.3) is 0 Å². The topological polar surface area (TPSA) is 69.2 Å². The van der Waals surface area contributed by atoms with E-state index in [1.54, 1.807) is 0 Å². The van der Waals surface area contributed by atoms with Crippen molar-refractivity contribution in [3.8, 4) is 0 Å². The van der Waals surface area contributed by atoms with Crippen molar-refractivity contribution in [2.45, 2.75) is 90.4 Å². The maximum absolute atomic E-state index is 12.6. The molecule has 7 nitrogen and oxygen atoms in total. The Bertz CT molecular complexity index is 521. The highest BCUT2D eigenvalue weighted by atomic mass is 16.6. The number of amides is 1. The first kappa shape index (κ1) is 22.8. The minimum atomic E-state index is -0.463. The van der Waals surface area contributed by atoms with Gasteiger partial charge in [0.15, 0.2) is 5.96 Å². The number of carbonyl (C=O) groups excluding carboxylic acids is 1. The normalized spacial score (nSPS) is 23.0. The van der Waals surface area contributed by atoms with Crippen LogP contribution in [0, 0.1) is 0 Å². The molecule has 0 radical (unpaired) electrons. The average molecular weight is 396 g/mol. The van der Waals surface area contributed by atoms with Crippen molar-refractivity contribution >= 4 is 12.1 Å². The Morgan fingerprint density at radius 3 is 2.39 bits per heavy atom. The van der Waals surface area contributed by atoms with Crippen LogP contribution in [0.15, 0.2) is 4.99 Å². The average Bonchev–Trinajstić information content (AvgIpc) is 2.64. The van der Waals surface area contributed by atoms with Crippen LogP contribution < -0.4 is 10.6 Å². The molecule has 0 aromatic carbocycles. The number of ether oxygens (including phenoxy) is 1. The van der Waals surface area contributed by atoms with E-state index in [0.29, 0.717) is 18.6 Å². The molecular weight excluding hydrogens is 354 g/mol. The van der Waals surface area contributed by atoms with Gasteiger partial charge in [0.1, 0.15) is 5.60 Å². The van der Waals surface area contributed by atoms with Gasteiger partial charge in [-0.05, 0) is 66.7 Å². The smallest absolute Gasteiger partial charge is 0.410 e. The Balaban J connectivity index is 1.83. The fourth-order valence-corrected chi connectivity index (χ4v) is 3.94. The second-order valence-electron chi connectivity index (χ2n) is 9.32. The molecule has 1 amide bonds. The summed E-state index contributed by atoms with van der Waals surface area (Å²) >= 11 is 0. The van der Waals surface area contributed by atoms with Gasteiger partial charge < -0.3 is 25.2 Å². The Hall–Kier alpha value is -1.50. The summed E-state index contributed by atoms with van der Waals surface area (Å²) in [6, 6.07) is 1.21. The standard InChI is InChI=1S/C21H41N5O2/c1-16(2)25-13-10-17(11-14-25)24-19(22-6)23-15-18-9-7-8-12-26(18)20(27)28-21(3,4)5/h16-18H,7-15H2,1-6H3,(H2,22,23,24). The zero-order chi connectivity index (χ0) is 20.7. The van der Waals surface area contributed by atoms with E-state index in [9.17, 15) is 4.79 Å². The lowest BCUT2D eigenvalue weighted by atomic mass is 10.0. The predicted molar refractivity (Wildman–Crippen MR) is 115 cm³/mol. The molecule has 0 saturated carbocycles. The Labute approximate surface area is 171 Å². The largest absolute Gasteiger partial charge is 0.444 e. The summed E-state index contributed by atoms with van der Waals surface area (Å²) < 4.78 is 5.60. The third kappa shape index (κ3) is 7.15. The fraction of sp³-hybridized carbons (Fsp3) is 0.905. The Kier molecular flexibility index (Phi) is 8.40. The first-order valence-electron chi connectivity index (χ1n) is 10.9. The van der Waals surface area contributed by atoms with E-state index in [1.165, 1.54) is 0 Å². The minimum Gasteiger partial charge on any atom is -0.444 e. The van der Waals surface area contributed by atoms with E-state index in [0.717, 1.165) is 57.7 Å². The van der Waals surface area contributed by atoms with Gasteiger partial charge in [0.25, 0.3) is 0 Å². The van der Waals surface area contributed by atoms with Crippen molar-refractivity contribution in [2.75, 3.05) is 33.2 Å². The number of rotatable bonds is 4. The lowest BCUT2D eigenvalue weighted by Crippen LogP contribution is -2.54. The quantitative estimate of drug-likeness (QED) is 0.566. The zero-order valence-corrected chi connectivity index (χ0v) is 18.8. The van der Waals surface area contributed by atoms with Crippen LogP contribution in [-0.2, 0) is 4.74 Å². The van der Waals surface area contributed by atoms with E-state index < -0.39 is 5.60 Å². The van der Waals surface area contributed by atoms with Crippen LogP contribution in [0.1, 0.15) is 66.7 Å². The molecule has 0 spiro atoms. The van der Waals surface area contributed by atoms with Gasteiger partial charge in [-0.25, -0.2) is 4.79 Å². The molecule has 2 heterocycles. The van der Waals surface area contributed by atoms with Crippen LogP contribution in [0.5, 0.6) is 0 Å². The number of nitrogens with one attached hydrogen (secondary N) is 2. The van der Waals surface area contributed by atoms with Gasteiger partial charge in [-0.1, -0.05) is 0 Å². The molecule has 0 aromatic rings. The molecule has 2 rings (SSSR count). The van der Waals surface area contributed by atoms with Gasteiger partial charge in [-0.3, -0.25) is 4.99 Å². The van der Waals surface area contributed by atoms with Gasteiger partial charge in [0, 0.05) is 45.3 Å². The molecule has 162 valence electrons. The molecule has 0 aromatic heterocycles. The van der Waals surface area contributed by atoms with E-state index in [-0.39, 0.29) is 12.1 Å². The summed E-state index contributed by atoms with van der Waals surface area (Å²) in [5.74, 6) is 0.831. The zero-order valence-electron chi connectivity index (χ0n) is 18.8. The Morgan fingerprint density at radius 1 is 1.14 bits per heavy atom. The number of carbonyl (C=O) groups is 1. The highest BCUT2D eigenvalue weighted by molar-refractivity contribution is 5.80. The van der Waals surface area contributed by atoms with Gasteiger partial charge in [0.05, 0.1) is 6.04 Å². The second kappa shape index (κ2) is 10.3. The molecule has 2 aliphatic rings. The molecule has 28 heavy (non-hydrogen) atoms. The van der Waals surface area contributed by atoms with Crippen molar-refractivity contribution in [3.63, 3.8) is 0 Å². The highest BCUT2D eigenvalue weighted by Gasteiger charge is 2.30. The van der Waals surface area contributed by atoms with Crippen LogP contribution in [-0.4, -0.2) is 78.8 Å². The second-order valence-corrected chi connectivity index (χ2v) is 9.32. The molecule has 1 atom stereocenters. The monoisotopic (exact) mass is 395 g/mol. The van der Waals surface area contributed by atoms with Crippen LogP contribution in [0.4, 0.5) is 4.79 Å². The summed E-state index contributed by atoms with van der Waals surface area (Å²) in [4.78, 5) is 21.4. The van der Waals surface area contributed by atoms with Gasteiger partial charge in [-0.2, -0.15) is 0 Å². The molecule has 7 heteroatoms. The van der Waals surface area contributed by atoms with Crippen molar-refractivity contribution in [1.29, 1.82) is 0 Å². The van der Waals surface area contributed by atoms with Crippen molar-refractivity contribution in [1.82, 2.24) is 20.4 Å². The van der Waals surface area contributed by atoms with E-state index >= 15 is 0 Å². The first-order valence-corrected chi connectivity index (χ1v) is 10.9. The highest BCUT2D eigenvalue weighted by Crippen LogP contribution is 2.20. The molecule has 2 aliphatic heterocycles. The third-order valence-corrected chi connectivity index (χ3v) is 5.58.